The largest absolute Gasteiger partial charge is 0.497 e. The molecule has 3 aliphatic heterocycles. The van der Waals surface area contributed by atoms with Crippen LogP contribution < -0.4 is 19.8 Å². The second kappa shape index (κ2) is 13.4. The number of fused-ring (bicyclic) bond motifs is 2. The van der Waals surface area contributed by atoms with Gasteiger partial charge in [0, 0.05) is 36.0 Å². The second-order valence-electron chi connectivity index (χ2n) is 14.0. The average molecular weight is 708 g/mol. The number of hydrogen-bond donors (Lipinski definition) is 1. The predicted octanol–water partition coefficient (Wildman–Crippen LogP) is 7.02. The van der Waals surface area contributed by atoms with Crippen LogP contribution in [0.25, 0.3) is 0 Å². The molecule has 1 fully saturated rings. The van der Waals surface area contributed by atoms with E-state index in [0.717, 1.165) is 33.8 Å². The molecule has 2 amide bonds. The number of hydrazone groups is 1. The maximum atomic E-state index is 14.9. The van der Waals surface area contributed by atoms with Crippen LogP contribution in [-0.4, -0.2) is 50.5 Å². The van der Waals surface area contributed by atoms with Crippen LogP contribution in [-0.2, 0) is 26.5 Å². The molecule has 3 aliphatic rings. The number of rotatable bonds is 9. The van der Waals surface area contributed by atoms with Crippen LogP contribution in [0.1, 0.15) is 42.9 Å². The minimum absolute atomic E-state index is 0.0291. The summed E-state index contributed by atoms with van der Waals surface area (Å²) in [4.78, 5) is 29.6. The minimum atomic E-state index is -2.29. The van der Waals surface area contributed by atoms with Crippen molar-refractivity contribution in [3.63, 3.8) is 0 Å². The maximum absolute atomic E-state index is 14.9. The first-order chi connectivity index (χ1) is 24.1. The van der Waals surface area contributed by atoms with Crippen molar-refractivity contribution >= 4 is 53.8 Å². The van der Waals surface area contributed by atoms with Crippen molar-refractivity contribution in [3.8, 4) is 5.75 Å². The highest BCUT2D eigenvalue weighted by Gasteiger charge is 2.66. The predicted molar refractivity (Wildman–Crippen MR) is 200 cm³/mol. The van der Waals surface area contributed by atoms with Gasteiger partial charge in [-0.1, -0.05) is 91.4 Å². The third kappa shape index (κ3) is 5.76. The van der Waals surface area contributed by atoms with E-state index in [1.165, 1.54) is 10.2 Å². The number of nitrogens with zero attached hydrogens (tertiary/aromatic N) is 3. The Hall–Kier alpha value is -4.28. The zero-order chi connectivity index (χ0) is 35.2. The molecule has 1 spiro atoms. The van der Waals surface area contributed by atoms with Gasteiger partial charge in [-0.3, -0.25) is 9.59 Å². The van der Waals surface area contributed by atoms with Crippen molar-refractivity contribution < 1.29 is 24.2 Å². The number of aliphatic hydroxyl groups is 1. The van der Waals surface area contributed by atoms with Gasteiger partial charge in [0.2, 0.25) is 5.91 Å². The van der Waals surface area contributed by atoms with Crippen molar-refractivity contribution in [3.05, 3.63) is 119 Å². The highest BCUT2D eigenvalue weighted by molar-refractivity contribution is 6.91. The molecule has 4 atom stereocenters. The lowest BCUT2D eigenvalue weighted by atomic mass is 9.82. The fourth-order valence-corrected chi connectivity index (χ4v) is 12.6. The Kier molecular flexibility index (Phi) is 9.19. The molecular weight excluding hydrogens is 666 g/mol. The second-order valence-corrected chi connectivity index (χ2v) is 19.1. The normalized spacial score (nSPS) is 23.4. The molecule has 0 aromatic heterocycles. The summed E-state index contributed by atoms with van der Waals surface area (Å²) in [6.45, 7) is 7.04. The van der Waals surface area contributed by atoms with E-state index < -0.39 is 13.7 Å². The monoisotopic (exact) mass is 707 g/mol. The Labute approximate surface area is 299 Å². The summed E-state index contributed by atoms with van der Waals surface area (Å²) >= 11 is 6.62. The Bertz CT molecular complexity index is 1940. The standard InChI is InChI=1S/C40H42ClN3O5Si/c1-26-38(50(3,4)32-17-15-31(48-2)16-18-32)36(22-23-45)49-40(26)33-24-29(41)12-20-35(33)43(39(40)47)25-27-10-13-30(14-11-27)44-37(46)21-19-34(42-44)28-8-6-5-7-9-28/h5-18,20,24,26,36,38,45H,19,21-23,25H2,1-4H3/t26-,36+,38-,40+/m1/s1. The van der Waals surface area contributed by atoms with E-state index in [-0.39, 0.29) is 36.0 Å². The van der Waals surface area contributed by atoms with E-state index in [1.54, 1.807) is 12.0 Å². The zero-order valence-electron chi connectivity index (χ0n) is 28.8. The molecule has 0 bridgehead atoms. The molecule has 0 saturated carbocycles. The smallest absolute Gasteiger partial charge is 0.264 e. The van der Waals surface area contributed by atoms with E-state index in [0.29, 0.717) is 36.5 Å². The van der Waals surface area contributed by atoms with Gasteiger partial charge in [0.05, 0.1) is 44.9 Å². The van der Waals surface area contributed by atoms with E-state index in [1.807, 2.05) is 84.9 Å². The molecule has 50 heavy (non-hydrogen) atoms. The van der Waals surface area contributed by atoms with Crippen molar-refractivity contribution in [2.24, 2.45) is 11.0 Å². The van der Waals surface area contributed by atoms with E-state index in [4.69, 9.17) is 26.2 Å². The summed E-state index contributed by atoms with van der Waals surface area (Å²) in [6, 6.07) is 31.4. The highest BCUT2D eigenvalue weighted by atomic mass is 35.5. The van der Waals surface area contributed by atoms with Crippen LogP contribution in [0.5, 0.6) is 5.75 Å². The van der Waals surface area contributed by atoms with E-state index in [2.05, 4.69) is 32.2 Å². The molecule has 10 heteroatoms. The fraction of sp³-hybridized carbons (Fsp3) is 0.325. The molecule has 0 radical (unpaired) electrons. The van der Waals surface area contributed by atoms with Crippen LogP contribution in [0.15, 0.2) is 102 Å². The summed E-state index contributed by atoms with van der Waals surface area (Å²) in [5.74, 6) is 0.421. The number of halogens is 1. The number of aliphatic hydroxyl groups excluding tert-OH is 1. The Balaban J connectivity index is 1.20. The van der Waals surface area contributed by atoms with Gasteiger partial charge in [-0.25, -0.2) is 5.01 Å². The molecule has 0 unspecified atom stereocenters. The lowest BCUT2D eigenvalue weighted by Crippen LogP contribution is -2.51. The summed E-state index contributed by atoms with van der Waals surface area (Å²) in [7, 11) is -0.635. The lowest BCUT2D eigenvalue weighted by Gasteiger charge is -2.37. The van der Waals surface area contributed by atoms with E-state index in [9.17, 15) is 14.7 Å². The van der Waals surface area contributed by atoms with Crippen molar-refractivity contribution in [2.75, 3.05) is 23.6 Å². The third-order valence-electron chi connectivity index (χ3n) is 10.9. The number of benzene rings is 4. The van der Waals surface area contributed by atoms with Crippen molar-refractivity contribution in [1.82, 2.24) is 0 Å². The first-order valence-corrected chi connectivity index (χ1v) is 20.6. The SMILES string of the molecule is COc1ccc([Si](C)(C)[C@H]2[C@H](CCO)O[C@@]3(C(=O)N(Cc4ccc(N5N=C(c6ccccc6)CCC5=O)cc4)c4ccc(Cl)cc43)[C@@H]2C)cc1. The van der Waals surface area contributed by atoms with Crippen LogP contribution in [0, 0.1) is 5.92 Å². The first-order valence-electron chi connectivity index (χ1n) is 17.2. The summed E-state index contributed by atoms with van der Waals surface area (Å²) in [6.07, 6.45) is 1.09. The Morgan fingerprint density at radius 3 is 2.38 bits per heavy atom. The third-order valence-corrected chi connectivity index (χ3v) is 15.5. The number of hydrogen-bond acceptors (Lipinski definition) is 6. The van der Waals surface area contributed by atoms with Gasteiger partial charge >= 0.3 is 0 Å². The van der Waals surface area contributed by atoms with Crippen LogP contribution in [0.2, 0.25) is 23.7 Å². The maximum Gasteiger partial charge on any atom is 0.264 e. The minimum Gasteiger partial charge on any atom is -0.497 e. The molecule has 1 N–H and O–H groups in total. The van der Waals surface area contributed by atoms with Crippen LogP contribution in [0.4, 0.5) is 11.4 Å². The molecule has 258 valence electrons. The van der Waals surface area contributed by atoms with Crippen molar-refractivity contribution in [1.29, 1.82) is 0 Å². The number of carbonyl (C=O) groups is 2. The molecule has 7 rings (SSSR count). The molecular formula is C40H42ClN3O5Si. The van der Waals surface area contributed by atoms with Crippen LogP contribution >= 0.6 is 11.6 Å². The van der Waals surface area contributed by atoms with Gasteiger partial charge in [0.15, 0.2) is 5.60 Å². The fourth-order valence-electron chi connectivity index (χ4n) is 8.36. The summed E-state index contributed by atoms with van der Waals surface area (Å²) in [5.41, 5.74) is 3.78. The average Bonchev–Trinajstić information content (AvgIpc) is 3.55. The quantitative estimate of drug-likeness (QED) is 0.189. The zero-order valence-corrected chi connectivity index (χ0v) is 30.6. The Morgan fingerprint density at radius 1 is 0.980 bits per heavy atom. The van der Waals surface area contributed by atoms with Crippen molar-refractivity contribution in [2.45, 2.75) is 63.1 Å². The van der Waals surface area contributed by atoms with E-state index >= 15 is 0 Å². The van der Waals surface area contributed by atoms with Gasteiger partial charge in [-0.2, -0.15) is 5.10 Å². The highest BCUT2D eigenvalue weighted by Crippen LogP contribution is 2.60. The summed E-state index contributed by atoms with van der Waals surface area (Å²) in [5, 5.41) is 18.2. The number of ether oxygens (including phenoxy) is 2. The number of amides is 2. The van der Waals surface area contributed by atoms with Gasteiger partial charge < -0.3 is 19.5 Å². The topological polar surface area (TPSA) is 91.7 Å². The van der Waals surface area contributed by atoms with Gasteiger partial charge in [0.25, 0.3) is 5.91 Å². The number of anilines is 2. The molecule has 8 nitrogen and oxygen atoms in total. The molecule has 4 aromatic rings. The molecule has 1 saturated heterocycles. The van der Waals surface area contributed by atoms with Crippen LogP contribution in [0.3, 0.4) is 0 Å². The molecule has 0 aliphatic carbocycles. The van der Waals surface area contributed by atoms with Gasteiger partial charge in [-0.15, -0.1) is 0 Å². The lowest BCUT2D eigenvalue weighted by molar-refractivity contribution is -0.146. The summed E-state index contributed by atoms with van der Waals surface area (Å²) < 4.78 is 12.4. The number of methoxy groups -OCH3 is 1. The Morgan fingerprint density at radius 2 is 1.70 bits per heavy atom. The first kappa shape index (κ1) is 34.2. The molecule has 4 aromatic carbocycles. The number of carbonyl (C=O) groups excluding carboxylic acids is 2. The van der Waals surface area contributed by atoms with Gasteiger partial charge in [-0.05, 0) is 65.6 Å². The molecule has 3 heterocycles. The van der Waals surface area contributed by atoms with Gasteiger partial charge in [0.1, 0.15) is 5.75 Å².